The van der Waals surface area contributed by atoms with E-state index in [1.54, 1.807) is 0 Å². The van der Waals surface area contributed by atoms with Gasteiger partial charge < -0.3 is 10.5 Å². The maximum Gasteiger partial charge on any atom is 0.123 e. The standard InChI is InChI=1S/C11H14ClNO/c1-8(12)7-14-11-5-3-10(4-6-11)9(2)13/h3-6,9H,1,7,13H2,2H3/t9-/m0/s1. The molecule has 0 spiro atoms. The van der Waals surface area contributed by atoms with Gasteiger partial charge >= 0.3 is 0 Å². The Morgan fingerprint density at radius 1 is 1.50 bits per heavy atom. The minimum Gasteiger partial charge on any atom is -0.488 e. The Labute approximate surface area is 89.3 Å². The minimum atomic E-state index is 0.0482. The smallest absolute Gasteiger partial charge is 0.123 e. The Balaban J connectivity index is 2.59. The SMILES string of the molecule is C=C(Cl)COc1ccc([C@H](C)N)cc1. The summed E-state index contributed by atoms with van der Waals surface area (Å²) in [6.07, 6.45) is 0. The molecular formula is C11H14ClNO. The van der Waals surface area contributed by atoms with Gasteiger partial charge in [0.25, 0.3) is 0 Å². The number of nitrogens with two attached hydrogens (primary N) is 1. The average Bonchev–Trinajstić information content (AvgIpc) is 2.15. The molecule has 0 saturated heterocycles. The molecule has 0 unspecified atom stereocenters. The van der Waals surface area contributed by atoms with Gasteiger partial charge in [0.2, 0.25) is 0 Å². The Morgan fingerprint density at radius 3 is 2.50 bits per heavy atom. The van der Waals surface area contributed by atoms with Gasteiger partial charge in [0, 0.05) is 11.1 Å². The number of rotatable bonds is 4. The van der Waals surface area contributed by atoms with Crippen molar-refractivity contribution in [2.45, 2.75) is 13.0 Å². The van der Waals surface area contributed by atoms with Crippen LogP contribution in [-0.4, -0.2) is 6.61 Å². The van der Waals surface area contributed by atoms with Crippen LogP contribution in [0.3, 0.4) is 0 Å². The maximum absolute atomic E-state index is 5.71. The zero-order valence-corrected chi connectivity index (χ0v) is 8.92. The molecule has 0 bridgehead atoms. The predicted octanol–water partition coefficient (Wildman–Crippen LogP) is 2.84. The first-order chi connectivity index (χ1) is 6.59. The van der Waals surface area contributed by atoms with Gasteiger partial charge in [-0.15, -0.1) is 0 Å². The van der Waals surface area contributed by atoms with Crippen molar-refractivity contribution in [2.75, 3.05) is 6.61 Å². The van der Waals surface area contributed by atoms with Crippen molar-refractivity contribution in [2.24, 2.45) is 5.73 Å². The minimum absolute atomic E-state index is 0.0482. The third-order valence-electron chi connectivity index (χ3n) is 1.80. The number of hydrogen-bond donors (Lipinski definition) is 1. The second kappa shape index (κ2) is 5.03. The van der Waals surface area contributed by atoms with Crippen molar-refractivity contribution in [3.8, 4) is 5.75 Å². The highest BCUT2D eigenvalue weighted by Crippen LogP contribution is 2.16. The van der Waals surface area contributed by atoms with Crippen LogP contribution in [0.2, 0.25) is 0 Å². The van der Waals surface area contributed by atoms with E-state index in [-0.39, 0.29) is 6.04 Å². The lowest BCUT2D eigenvalue weighted by Crippen LogP contribution is -2.04. The van der Waals surface area contributed by atoms with Crippen LogP contribution in [-0.2, 0) is 0 Å². The van der Waals surface area contributed by atoms with Crippen LogP contribution in [0.4, 0.5) is 0 Å². The zero-order valence-electron chi connectivity index (χ0n) is 8.16. The fraction of sp³-hybridized carbons (Fsp3) is 0.273. The lowest BCUT2D eigenvalue weighted by Gasteiger charge is -2.08. The van der Waals surface area contributed by atoms with Gasteiger partial charge in [0.1, 0.15) is 12.4 Å². The molecule has 0 aliphatic carbocycles. The van der Waals surface area contributed by atoms with Gasteiger partial charge in [-0.2, -0.15) is 0 Å². The highest BCUT2D eigenvalue weighted by molar-refractivity contribution is 6.29. The van der Waals surface area contributed by atoms with Gasteiger partial charge in [0.15, 0.2) is 0 Å². The van der Waals surface area contributed by atoms with Gasteiger partial charge in [-0.25, -0.2) is 0 Å². The maximum atomic E-state index is 5.71. The van der Waals surface area contributed by atoms with Crippen molar-refractivity contribution in [1.29, 1.82) is 0 Å². The zero-order chi connectivity index (χ0) is 10.6. The van der Waals surface area contributed by atoms with Crippen LogP contribution in [0.1, 0.15) is 18.5 Å². The van der Waals surface area contributed by atoms with Crippen LogP contribution in [0.25, 0.3) is 0 Å². The molecule has 0 aromatic heterocycles. The molecule has 0 amide bonds. The van der Waals surface area contributed by atoms with Gasteiger partial charge in [-0.1, -0.05) is 30.3 Å². The summed E-state index contributed by atoms with van der Waals surface area (Å²) < 4.78 is 5.33. The molecule has 0 heterocycles. The first-order valence-electron chi connectivity index (χ1n) is 4.41. The van der Waals surface area contributed by atoms with Crippen LogP contribution < -0.4 is 10.5 Å². The molecule has 1 aromatic rings. The summed E-state index contributed by atoms with van der Waals surface area (Å²) in [7, 11) is 0. The van der Waals surface area contributed by atoms with Crippen LogP contribution >= 0.6 is 11.6 Å². The summed E-state index contributed by atoms with van der Waals surface area (Å²) in [5.41, 5.74) is 6.80. The van der Waals surface area contributed by atoms with Gasteiger partial charge in [-0.3, -0.25) is 0 Å². The molecule has 1 aromatic carbocycles. The van der Waals surface area contributed by atoms with E-state index in [0.717, 1.165) is 11.3 Å². The summed E-state index contributed by atoms with van der Waals surface area (Å²) in [5.74, 6) is 0.774. The summed E-state index contributed by atoms with van der Waals surface area (Å²) in [5, 5.41) is 0.487. The van der Waals surface area contributed by atoms with Crippen molar-refractivity contribution in [3.05, 3.63) is 41.4 Å². The van der Waals surface area contributed by atoms with E-state index in [2.05, 4.69) is 6.58 Å². The van der Waals surface area contributed by atoms with E-state index in [1.807, 2.05) is 31.2 Å². The van der Waals surface area contributed by atoms with Gasteiger partial charge in [-0.05, 0) is 24.6 Å². The Hall–Kier alpha value is -0.990. The lowest BCUT2D eigenvalue weighted by atomic mass is 10.1. The third-order valence-corrected chi connectivity index (χ3v) is 1.91. The second-order valence-electron chi connectivity index (χ2n) is 3.16. The number of halogens is 1. The molecule has 1 rings (SSSR count). The van der Waals surface area contributed by atoms with E-state index in [4.69, 9.17) is 22.1 Å². The molecular weight excluding hydrogens is 198 g/mol. The molecule has 0 aliphatic heterocycles. The monoisotopic (exact) mass is 211 g/mol. The molecule has 0 fully saturated rings. The summed E-state index contributed by atoms with van der Waals surface area (Å²) in [6, 6.07) is 7.68. The van der Waals surface area contributed by atoms with E-state index >= 15 is 0 Å². The molecule has 2 nitrogen and oxygen atoms in total. The van der Waals surface area contributed by atoms with Crippen molar-refractivity contribution in [3.63, 3.8) is 0 Å². The Morgan fingerprint density at radius 2 is 2.07 bits per heavy atom. The highest BCUT2D eigenvalue weighted by atomic mass is 35.5. The van der Waals surface area contributed by atoms with Crippen molar-refractivity contribution >= 4 is 11.6 Å². The average molecular weight is 212 g/mol. The summed E-state index contributed by atoms with van der Waals surface area (Å²) in [6.45, 7) is 5.81. The molecule has 3 heteroatoms. The lowest BCUT2D eigenvalue weighted by molar-refractivity contribution is 0.359. The molecule has 0 saturated carbocycles. The molecule has 2 N–H and O–H groups in total. The van der Waals surface area contributed by atoms with Gasteiger partial charge in [0.05, 0.1) is 0 Å². The number of ether oxygens (including phenoxy) is 1. The second-order valence-corrected chi connectivity index (χ2v) is 3.70. The molecule has 14 heavy (non-hydrogen) atoms. The van der Waals surface area contributed by atoms with E-state index in [9.17, 15) is 0 Å². The van der Waals surface area contributed by atoms with Crippen LogP contribution in [0.15, 0.2) is 35.9 Å². The van der Waals surface area contributed by atoms with E-state index in [1.165, 1.54) is 0 Å². The topological polar surface area (TPSA) is 35.2 Å². The van der Waals surface area contributed by atoms with Crippen molar-refractivity contribution in [1.82, 2.24) is 0 Å². The van der Waals surface area contributed by atoms with Crippen LogP contribution in [0, 0.1) is 0 Å². The van der Waals surface area contributed by atoms with Crippen LogP contribution in [0.5, 0.6) is 5.75 Å². The van der Waals surface area contributed by atoms with Crippen molar-refractivity contribution < 1.29 is 4.74 Å². The summed E-state index contributed by atoms with van der Waals surface area (Å²) in [4.78, 5) is 0. The predicted molar refractivity (Wildman–Crippen MR) is 59.5 cm³/mol. The fourth-order valence-corrected chi connectivity index (χ4v) is 1.08. The largest absolute Gasteiger partial charge is 0.488 e. The van der Waals surface area contributed by atoms with E-state index in [0.29, 0.717) is 11.6 Å². The molecule has 0 radical (unpaired) electrons. The first kappa shape index (κ1) is 11.1. The Kier molecular flexibility index (Phi) is 3.98. The first-order valence-corrected chi connectivity index (χ1v) is 4.79. The number of hydrogen-bond acceptors (Lipinski definition) is 2. The number of benzene rings is 1. The molecule has 0 aliphatic rings. The van der Waals surface area contributed by atoms with E-state index < -0.39 is 0 Å². The fourth-order valence-electron chi connectivity index (χ4n) is 1.03. The quantitative estimate of drug-likeness (QED) is 0.831. The highest BCUT2D eigenvalue weighted by Gasteiger charge is 1.99. The third kappa shape index (κ3) is 3.40. The normalized spacial score (nSPS) is 12.2. The summed E-state index contributed by atoms with van der Waals surface area (Å²) >= 11 is 5.57. The Bertz CT molecular complexity index is 306. The molecule has 76 valence electrons. The molecule has 1 atom stereocenters.